The Bertz CT molecular complexity index is 884. The summed E-state index contributed by atoms with van der Waals surface area (Å²) in [5, 5.41) is 0. The highest BCUT2D eigenvalue weighted by Gasteiger charge is 2.32. The second-order valence-electron chi connectivity index (χ2n) is 7.54. The van der Waals surface area contributed by atoms with Crippen molar-refractivity contribution >= 4 is 12.0 Å². The number of carbonyl (C=O) groups excluding carboxylic acids is 2. The van der Waals surface area contributed by atoms with E-state index in [1.807, 2.05) is 0 Å². The van der Waals surface area contributed by atoms with E-state index in [0.717, 1.165) is 30.5 Å². The summed E-state index contributed by atoms with van der Waals surface area (Å²) in [5.74, 6) is -0.294. The van der Waals surface area contributed by atoms with Gasteiger partial charge in [-0.15, -0.1) is 0 Å². The number of hydrogen-bond acceptors (Lipinski definition) is 6. The smallest absolute Gasteiger partial charge is 0.409 e. The number of piperidine rings is 1. The largest absolute Gasteiger partial charge is 0.450 e. The zero-order valence-corrected chi connectivity index (χ0v) is 17.3. The highest BCUT2D eigenvalue weighted by atomic mass is 16.6. The maximum atomic E-state index is 13.0. The maximum absolute atomic E-state index is 13.0. The van der Waals surface area contributed by atoms with E-state index in [-0.39, 0.29) is 23.7 Å². The molecule has 1 aromatic heterocycles. The Morgan fingerprint density at radius 3 is 2.38 bits per heavy atom. The van der Waals surface area contributed by atoms with E-state index >= 15 is 0 Å². The first-order chi connectivity index (χ1) is 13.8. The van der Waals surface area contributed by atoms with Crippen LogP contribution in [0.3, 0.4) is 0 Å². The predicted molar refractivity (Wildman–Crippen MR) is 106 cm³/mol. The number of likely N-dealkylation sites (tertiary alicyclic amines) is 1. The zero-order valence-electron chi connectivity index (χ0n) is 17.3. The molecule has 0 aliphatic carbocycles. The highest BCUT2D eigenvalue weighted by molar-refractivity contribution is 5.92. The summed E-state index contributed by atoms with van der Waals surface area (Å²) in [6.45, 7) is 5.97. The van der Waals surface area contributed by atoms with Gasteiger partial charge in [0.15, 0.2) is 0 Å². The van der Waals surface area contributed by atoms with Crippen molar-refractivity contribution in [2.24, 2.45) is 14.1 Å². The fourth-order valence-electron chi connectivity index (χ4n) is 4.02. The SMILES string of the molecule is CCOC(=O)N1CCN(C2CCCN(C(=O)c3cc(=O)n(C)c(=O)n3C)C2)CC1. The van der Waals surface area contributed by atoms with Crippen molar-refractivity contribution < 1.29 is 14.3 Å². The number of ether oxygens (including phenoxy) is 1. The average molecular weight is 407 g/mol. The summed E-state index contributed by atoms with van der Waals surface area (Å²) in [6.07, 6.45) is 1.55. The predicted octanol–water partition coefficient (Wildman–Crippen LogP) is -0.537. The van der Waals surface area contributed by atoms with Gasteiger partial charge in [-0.25, -0.2) is 9.59 Å². The monoisotopic (exact) mass is 407 g/mol. The molecular weight excluding hydrogens is 378 g/mol. The van der Waals surface area contributed by atoms with Crippen LogP contribution in [0.25, 0.3) is 0 Å². The van der Waals surface area contributed by atoms with Gasteiger partial charge in [-0.1, -0.05) is 0 Å². The first kappa shape index (κ1) is 21.1. The summed E-state index contributed by atoms with van der Waals surface area (Å²) >= 11 is 0. The molecule has 2 fully saturated rings. The Labute approximate surface area is 169 Å². The third-order valence-corrected chi connectivity index (χ3v) is 5.79. The lowest BCUT2D eigenvalue weighted by atomic mass is 10.0. The standard InChI is InChI=1S/C19H29N5O5/c1-4-29-19(28)23-10-8-22(9-11-23)14-6-5-7-24(13-14)17(26)15-12-16(25)21(3)18(27)20(15)2/h12,14H,4-11,13H2,1-3H3. The van der Waals surface area contributed by atoms with Gasteiger partial charge in [-0.3, -0.25) is 23.6 Å². The van der Waals surface area contributed by atoms with E-state index < -0.39 is 11.2 Å². The van der Waals surface area contributed by atoms with Crippen LogP contribution < -0.4 is 11.2 Å². The molecule has 0 N–H and O–H groups in total. The van der Waals surface area contributed by atoms with E-state index in [4.69, 9.17) is 4.74 Å². The van der Waals surface area contributed by atoms with Crippen molar-refractivity contribution in [1.29, 1.82) is 0 Å². The molecule has 3 rings (SSSR count). The second-order valence-corrected chi connectivity index (χ2v) is 7.54. The van der Waals surface area contributed by atoms with Gasteiger partial charge in [0.25, 0.3) is 11.5 Å². The van der Waals surface area contributed by atoms with Gasteiger partial charge >= 0.3 is 11.8 Å². The summed E-state index contributed by atoms with van der Waals surface area (Å²) in [4.78, 5) is 54.7. The molecule has 0 radical (unpaired) electrons. The number of hydrogen-bond donors (Lipinski definition) is 0. The van der Waals surface area contributed by atoms with E-state index in [2.05, 4.69) is 4.90 Å². The van der Waals surface area contributed by atoms with E-state index in [9.17, 15) is 19.2 Å². The third-order valence-electron chi connectivity index (χ3n) is 5.79. The first-order valence-electron chi connectivity index (χ1n) is 10.1. The average Bonchev–Trinajstić information content (AvgIpc) is 2.74. The van der Waals surface area contributed by atoms with Crippen LogP contribution in [0.2, 0.25) is 0 Å². The van der Waals surface area contributed by atoms with Gasteiger partial charge in [-0.2, -0.15) is 0 Å². The quantitative estimate of drug-likeness (QED) is 0.668. The molecule has 10 nitrogen and oxygen atoms in total. The van der Waals surface area contributed by atoms with Gasteiger partial charge in [0, 0.05) is 65.5 Å². The van der Waals surface area contributed by atoms with Crippen LogP contribution in [0.4, 0.5) is 4.79 Å². The summed E-state index contributed by atoms with van der Waals surface area (Å²) < 4.78 is 7.27. The second kappa shape index (κ2) is 8.81. The fraction of sp³-hybridized carbons (Fsp3) is 0.684. The van der Waals surface area contributed by atoms with Crippen LogP contribution in [-0.2, 0) is 18.8 Å². The molecule has 0 spiro atoms. The van der Waals surface area contributed by atoms with E-state index in [1.165, 1.54) is 24.7 Å². The van der Waals surface area contributed by atoms with Gasteiger partial charge in [0.2, 0.25) is 0 Å². The van der Waals surface area contributed by atoms with Crippen LogP contribution >= 0.6 is 0 Å². The molecule has 2 amide bonds. The molecule has 0 bridgehead atoms. The Balaban J connectivity index is 1.66. The molecule has 3 heterocycles. The molecular formula is C19H29N5O5. The maximum Gasteiger partial charge on any atom is 0.409 e. The molecule has 1 aromatic rings. The molecule has 10 heteroatoms. The van der Waals surface area contributed by atoms with E-state index in [1.54, 1.807) is 16.7 Å². The van der Waals surface area contributed by atoms with Gasteiger partial charge in [0.1, 0.15) is 5.69 Å². The van der Waals surface area contributed by atoms with Crippen molar-refractivity contribution in [3.05, 3.63) is 32.6 Å². The van der Waals surface area contributed by atoms with Crippen LogP contribution in [-0.4, -0.2) is 87.8 Å². The number of nitrogens with zero attached hydrogens (tertiary/aromatic N) is 5. The van der Waals surface area contributed by atoms with Crippen molar-refractivity contribution in [3.8, 4) is 0 Å². The first-order valence-corrected chi connectivity index (χ1v) is 10.1. The number of piperazine rings is 1. The molecule has 160 valence electrons. The van der Waals surface area contributed by atoms with Gasteiger partial charge in [-0.05, 0) is 19.8 Å². The normalized spacial score (nSPS) is 20.6. The minimum Gasteiger partial charge on any atom is -0.450 e. The van der Waals surface area contributed by atoms with E-state index in [0.29, 0.717) is 32.8 Å². The lowest BCUT2D eigenvalue weighted by Gasteiger charge is -2.43. The molecule has 2 saturated heterocycles. The third kappa shape index (κ3) is 4.36. The van der Waals surface area contributed by atoms with Crippen LogP contribution in [0.1, 0.15) is 30.3 Å². The number of aromatic nitrogens is 2. The van der Waals surface area contributed by atoms with Crippen molar-refractivity contribution in [1.82, 2.24) is 23.8 Å². The molecule has 1 atom stereocenters. The number of carbonyl (C=O) groups is 2. The van der Waals surface area contributed by atoms with Crippen molar-refractivity contribution in [2.75, 3.05) is 45.9 Å². The summed E-state index contributed by atoms with van der Waals surface area (Å²) in [7, 11) is 2.90. The summed E-state index contributed by atoms with van der Waals surface area (Å²) in [6, 6.07) is 1.42. The Hall–Kier alpha value is -2.62. The van der Waals surface area contributed by atoms with Crippen LogP contribution in [0.15, 0.2) is 15.7 Å². The van der Waals surface area contributed by atoms with Crippen LogP contribution in [0.5, 0.6) is 0 Å². The Morgan fingerprint density at radius 2 is 1.72 bits per heavy atom. The lowest BCUT2D eigenvalue weighted by molar-refractivity contribution is 0.0373. The topological polar surface area (TPSA) is 97.1 Å². The molecule has 0 aromatic carbocycles. The molecule has 1 unspecified atom stereocenters. The van der Waals surface area contributed by atoms with Crippen molar-refractivity contribution in [3.63, 3.8) is 0 Å². The lowest BCUT2D eigenvalue weighted by Crippen LogP contribution is -2.57. The minimum atomic E-state index is -0.510. The van der Waals surface area contributed by atoms with Gasteiger partial charge in [0.05, 0.1) is 6.61 Å². The minimum absolute atomic E-state index is 0.117. The fourth-order valence-corrected chi connectivity index (χ4v) is 4.02. The Kier molecular flexibility index (Phi) is 6.41. The summed E-state index contributed by atoms with van der Waals surface area (Å²) in [5.41, 5.74) is -0.879. The molecule has 29 heavy (non-hydrogen) atoms. The molecule has 2 aliphatic rings. The van der Waals surface area contributed by atoms with Crippen molar-refractivity contribution in [2.45, 2.75) is 25.8 Å². The molecule has 2 aliphatic heterocycles. The van der Waals surface area contributed by atoms with Gasteiger partial charge < -0.3 is 14.5 Å². The molecule has 0 saturated carbocycles. The Morgan fingerprint density at radius 1 is 1.03 bits per heavy atom. The number of rotatable bonds is 3. The van der Waals surface area contributed by atoms with Crippen LogP contribution in [0, 0.1) is 0 Å². The zero-order chi connectivity index (χ0) is 21.1. The highest BCUT2D eigenvalue weighted by Crippen LogP contribution is 2.19. The number of amides is 2.